The first-order valence-corrected chi connectivity index (χ1v) is 9.55. The molecule has 5 heteroatoms. The van der Waals surface area contributed by atoms with E-state index in [-0.39, 0.29) is 11.8 Å². The Morgan fingerprint density at radius 2 is 1.71 bits per heavy atom. The maximum absolute atomic E-state index is 13.2. The van der Waals surface area contributed by atoms with E-state index >= 15 is 0 Å². The first kappa shape index (κ1) is 17.0. The average Bonchev–Trinajstić information content (AvgIpc) is 3.20. The second kappa shape index (κ2) is 6.80. The lowest BCUT2D eigenvalue weighted by atomic mass is 9.96. The Kier molecular flexibility index (Phi) is 4.14. The lowest BCUT2D eigenvalue weighted by Gasteiger charge is -2.37. The number of rotatable bonds is 3. The molecule has 0 bridgehead atoms. The summed E-state index contributed by atoms with van der Waals surface area (Å²) in [5, 5.41) is 7.23. The normalized spacial score (nSPS) is 20.0. The minimum absolute atomic E-state index is 0.0877. The Labute approximate surface area is 168 Å². The second-order valence-corrected chi connectivity index (χ2v) is 7.33. The molecular weight excluding hydrogens is 372 g/mol. The standard InChI is InChI=1S/C23H17ClN2O2/c24-17-11-12-21-18(13-17)20-14-19(15-7-3-1-4-8-15)25-26(20)23(28-21)22(27)16-9-5-2-6-10-16/h1-13,20,23H,14H2. The van der Waals surface area contributed by atoms with E-state index in [0.717, 1.165) is 16.8 Å². The van der Waals surface area contributed by atoms with Crippen molar-refractivity contribution in [3.8, 4) is 5.75 Å². The maximum atomic E-state index is 13.2. The van der Waals surface area contributed by atoms with Gasteiger partial charge in [-0.15, -0.1) is 0 Å². The third-order valence-corrected chi connectivity index (χ3v) is 5.38. The van der Waals surface area contributed by atoms with E-state index in [1.807, 2.05) is 60.7 Å². The van der Waals surface area contributed by atoms with E-state index in [2.05, 4.69) is 0 Å². The van der Waals surface area contributed by atoms with Gasteiger partial charge in [-0.2, -0.15) is 5.10 Å². The SMILES string of the molecule is O=C(c1ccccc1)C1Oc2ccc(Cl)cc2C2CC(c3ccccc3)=NN12. The highest BCUT2D eigenvalue weighted by Crippen LogP contribution is 2.44. The fraction of sp³-hybridized carbons (Fsp3) is 0.130. The van der Waals surface area contributed by atoms with Crippen LogP contribution in [0.2, 0.25) is 5.02 Å². The zero-order valence-electron chi connectivity index (χ0n) is 15.0. The number of benzene rings is 3. The van der Waals surface area contributed by atoms with Crippen molar-refractivity contribution >= 4 is 23.1 Å². The summed E-state index contributed by atoms with van der Waals surface area (Å²) in [5.74, 6) is 0.578. The van der Waals surface area contributed by atoms with Gasteiger partial charge in [0.1, 0.15) is 5.75 Å². The number of hydrogen-bond acceptors (Lipinski definition) is 4. The number of nitrogens with zero attached hydrogens (tertiary/aromatic N) is 2. The fourth-order valence-electron chi connectivity index (χ4n) is 3.78. The Hall–Kier alpha value is -3.11. The third-order valence-electron chi connectivity index (χ3n) is 5.14. The molecule has 2 atom stereocenters. The van der Waals surface area contributed by atoms with Gasteiger partial charge in [-0.05, 0) is 23.8 Å². The molecule has 2 aliphatic rings. The molecule has 0 radical (unpaired) electrons. The summed E-state index contributed by atoms with van der Waals surface area (Å²) in [6, 6.07) is 24.7. The molecular formula is C23H17ClN2O2. The van der Waals surface area contributed by atoms with Crippen LogP contribution in [0.5, 0.6) is 5.75 Å². The van der Waals surface area contributed by atoms with Crippen LogP contribution in [0.25, 0.3) is 0 Å². The first-order chi connectivity index (χ1) is 13.7. The molecule has 0 spiro atoms. The van der Waals surface area contributed by atoms with E-state index < -0.39 is 6.23 Å². The summed E-state index contributed by atoms with van der Waals surface area (Å²) in [5.41, 5.74) is 3.55. The topological polar surface area (TPSA) is 41.9 Å². The second-order valence-electron chi connectivity index (χ2n) is 6.90. The number of ether oxygens (including phenoxy) is 1. The molecule has 3 aromatic carbocycles. The number of fused-ring (bicyclic) bond motifs is 3. The molecule has 2 aliphatic heterocycles. The van der Waals surface area contributed by atoms with Crippen LogP contribution in [0.1, 0.15) is 33.9 Å². The predicted octanol–water partition coefficient (Wildman–Crippen LogP) is 5.09. The van der Waals surface area contributed by atoms with Gasteiger partial charge in [0, 0.05) is 22.6 Å². The molecule has 0 amide bonds. The minimum atomic E-state index is -0.803. The summed E-state index contributed by atoms with van der Waals surface area (Å²) in [7, 11) is 0. The summed E-state index contributed by atoms with van der Waals surface area (Å²) >= 11 is 6.24. The van der Waals surface area contributed by atoms with Gasteiger partial charge < -0.3 is 4.74 Å². The van der Waals surface area contributed by atoms with Gasteiger partial charge in [0.2, 0.25) is 5.78 Å². The molecule has 2 unspecified atom stereocenters. The zero-order valence-corrected chi connectivity index (χ0v) is 15.7. The molecule has 0 N–H and O–H groups in total. The number of carbonyl (C=O) groups is 1. The molecule has 0 fully saturated rings. The Morgan fingerprint density at radius 3 is 2.46 bits per heavy atom. The minimum Gasteiger partial charge on any atom is -0.461 e. The zero-order chi connectivity index (χ0) is 19.1. The lowest BCUT2D eigenvalue weighted by Crippen LogP contribution is -2.45. The van der Waals surface area contributed by atoms with Crippen molar-refractivity contribution in [1.29, 1.82) is 0 Å². The number of Topliss-reactive ketones (excluding diaryl/α,β-unsaturated/α-hetero) is 1. The molecule has 2 heterocycles. The molecule has 5 rings (SSSR count). The summed E-state index contributed by atoms with van der Waals surface area (Å²) < 4.78 is 6.11. The number of hydrazone groups is 1. The van der Waals surface area contributed by atoms with Crippen molar-refractivity contribution in [1.82, 2.24) is 5.01 Å². The monoisotopic (exact) mass is 388 g/mol. The number of ketones is 1. The van der Waals surface area contributed by atoms with Gasteiger partial charge in [0.25, 0.3) is 6.23 Å². The summed E-state index contributed by atoms with van der Waals surface area (Å²) in [6.45, 7) is 0. The molecule has 3 aromatic rings. The molecule has 4 nitrogen and oxygen atoms in total. The molecule has 28 heavy (non-hydrogen) atoms. The van der Waals surface area contributed by atoms with Gasteiger partial charge in [-0.3, -0.25) is 4.79 Å². The van der Waals surface area contributed by atoms with Gasteiger partial charge in [0.05, 0.1) is 11.8 Å². The van der Waals surface area contributed by atoms with Crippen LogP contribution in [0, 0.1) is 0 Å². The van der Waals surface area contributed by atoms with Crippen LogP contribution in [0.15, 0.2) is 84.0 Å². The number of hydrogen-bond donors (Lipinski definition) is 0. The van der Waals surface area contributed by atoms with Crippen LogP contribution in [0.3, 0.4) is 0 Å². The van der Waals surface area contributed by atoms with E-state index in [0.29, 0.717) is 22.8 Å². The molecule has 138 valence electrons. The highest BCUT2D eigenvalue weighted by atomic mass is 35.5. The van der Waals surface area contributed by atoms with Crippen LogP contribution >= 0.6 is 11.6 Å². The summed E-state index contributed by atoms with van der Waals surface area (Å²) in [4.78, 5) is 13.2. The van der Waals surface area contributed by atoms with Crippen molar-refractivity contribution in [2.24, 2.45) is 5.10 Å². The van der Waals surface area contributed by atoms with E-state index in [9.17, 15) is 4.79 Å². The van der Waals surface area contributed by atoms with E-state index in [1.165, 1.54) is 0 Å². The lowest BCUT2D eigenvalue weighted by molar-refractivity contribution is -0.00455. The molecule has 0 aromatic heterocycles. The van der Waals surface area contributed by atoms with Crippen molar-refractivity contribution < 1.29 is 9.53 Å². The van der Waals surface area contributed by atoms with Crippen LogP contribution in [-0.2, 0) is 0 Å². The Morgan fingerprint density at radius 1 is 1.00 bits per heavy atom. The summed E-state index contributed by atoms with van der Waals surface area (Å²) in [6.07, 6.45) is -0.110. The number of halogens is 1. The van der Waals surface area contributed by atoms with Gasteiger partial charge in [-0.1, -0.05) is 72.3 Å². The first-order valence-electron chi connectivity index (χ1n) is 9.17. The fourth-order valence-corrected chi connectivity index (χ4v) is 3.96. The molecule has 0 saturated carbocycles. The van der Waals surface area contributed by atoms with Crippen molar-refractivity contribution in [3.63, 3.8) is 0 Å². The highest BCUT2D eigenvalue weighted by molar-refractivity contribution is 6.30. The third kappa shape index (κ3) is 2.86. The van der Waals surface area contributed by atoms with Gasteiger partial charge >= 0.3 is 0 Å². The van der Waals surface area contributed by atoms with Crippen LogP contribution in [0.4, 0.5) is 0 Å². The maximum Gasteiger partial charge on any atom is 0.251 e. The Balaban J connectivity index is 1.59. The van der Waals surface area contributed by atoms with Gasteiger partial charge in [0.15, 0.2) is 0 Å². The van der Waals surface area contributed by atoms with Gasteiger partial charge in [-0.25, -0.2) is 5.01 Å². The quantitative estimate of drug-likeness (QED) is 0.587. The van der Waals surface area contributed by atoms with Crippen molar-refractivity contribution in [3.05, 3.63) is 101 Å². The van der Waals surface area contributed by atoms with Crippen LogP contribution in [-0.4, -0.2) is 22.7 Å². The van der Waals surface area contributed by atoms with Crippen molar-refractivity contribution in [2.75, 3.05) is 0 Å². The predicted molar refractivity (Wildman–Crippen MR) is 109 cm³/mol. The molecule has 0 aliphatic carbocycles. The van der Waals surface area contributed by atoms with Crippen LogP contribution < -0.4 is 4.74 Å². The highest BCUT2D eigenvalue weighted by Gasteiger charge is 2.43. The number of carbonyl (C=O) groups excluding carboxylic acids is 1. The van der Waals surface area contributed by atoms with E-state index in [4.69, 9.17) is 21.4 Å². The van der Waals surface area contributed by atoms with Crippen molar-refractivity contribution in [2.45, 2.75) is 18.7 Å². The largest absolute Gasteiger partial charge is 0.461 e. The smallest absolute Gasteiger partial charge is 0.251 e. The average molecular weight is 389 g/mol. The Bertz CT molecular complexity index is 1070. The molecule has 0 saturated heterocycles. The van der Waals surface area contributed by atoms with E-state index in [1.54, 1.807) is 23.2 Å².